The lowest BCUT2D eigenvalue weighted by Crippen LogP contribution is -3.15. The average molecular weight is 417 g/mol. The Hall–Kier alpha value is -2.41. The van der Waals surface area contributed by atoms with Crippen LogP contribution in [-0.4, -0.2) is 42.6 Å². The number of fused-ring (bicyclic) bond motifs is 3. The molecule has 3 N–H and O–H groups in total. The summed E-state index contributed by atoms with van der Waals surface area (Å²) >= 11 is 0. The van der Waals surface area contributed by atoms with Crippen LogP contribution in [0.1, 0.15) is 57.4 Å². The van der Waals surface area contributed by atoms with Gasteiger partial charge in [-0.05, 0) is 37.0 Å². The van der Waals surface area contributed by atoms with Crippen molar-refractivity contribution in [1.29, 1.82) is 0 Å². The van der Waals surface area contributed by atoms with E-state index in [0.717, 1.165) is 19.4 Å². The molecule has 1 saturated carbocycles. The zero-order valence-corrected chi connectivity index (χ0v) is 18.2. The number of ether oxygens (including phenoxy) is 1. The highest BCUT2D eigenvalue weighted by Crippen LogP contribution is 2.47. The highest BCUT2D eigenvalue weighted by molar-refractivity contribution is 6.11. The number of benzene rings is 1. The maximum Gasteiger partial charge on any atom is 0.356 e. The third-order valence-corrected chi connectivity index (χ3v) is 6.57. The third-order valence-electron chi connectivity index (χ3n) is 6.57. The van der Waals surface area contributed by atoms with Crippen molar-refractivity contribution >= 4 is 28.5 Å². The van der Waals surface area contributed by atoms with E-state index in [9.17, 15) is 14.0 Å². The van der Waals surface area contributed by atoms with Crippen molar-refractivity contribution in [3.8, 4) is 0 Å². The molecule has 2 aliphatic rings. The molecule has 4 rings (SSSR count). The van der Waals surface area contributed by atoms with Crippen molar-refractivity contribution in [1.82, 2.24) is 4.98 Å². The number of aromatic nitrogens is 1. The summed E-state index contributed by atoms with van der Waals surface area (Å²) in [6.45, 7) is 10.2. The van der Waals surface area contributed by atoms with Gasteiger partial charge in [-0.15, -0.1) is 0 Å². The number of quaternary nitrogens is 1. The standard InChI is InChI=1S/C23H30FN3O3/c1-5-30-21(29)20-19(16-8-14(24)6-7-17(16)25-20)26-18(28)11-27-13-23(4)10-15(27)9-22(2,3)12-23/h6-8,15,25H,5,9-13H2,1-4H3,(H,26,28)/p+1/t15-,23-/m0/s1. The van der Waals surface area contributed by atoms with Crippen molar-refractivity contribution in [2.75, 3.05) is 25.0 Å². The molecule has 1 unspecified atom stereocenters. The van der Waals surface area contributed by atoms with Gasteiger partial charge in [-0.2, -0.15) is 0 Å². The maximum atomic E-state index is 13.9. The number of aromatic amines is 1. The lowest BCUT2D eigenvalue weighted by molar-refractivity contribution is -0.906. The Labute approximate surface area is 176 Å². The van der Waals surface area contributed by atoms with Crippen molar-refractivity contribution in [2.24, 2.45) is 10.8 Å². The van der Waals surface area contributed by atoms with Gasteiger partial charge in [-0.1, -0.05) is 20.8 Å². The van der Waals surface area contributed by atoms with E-state index in [1.165, 1.54) is 23.5 Å². The first-order chi connectivity index (χ1) is 14.1. The van der Waals surface area contributed by atoms with E-state index in [2.05, 4.69) is 31.1 Å². The first-order valence-corrected chi connectivity index (χ1v) is 10.7. The Kier molecular flexibility index (Phi) is 5.12. The molecule has 1 amide bonds. The van der Waals surface area contributed by atoms with Crippen LogP contribution in [-0.2, 0) is 9.53 Å². The number of anilines is 1. The molecule has 1 saturated heterocycles. The van der Waals surface area contributed by atoms with Gasteiger partial charge in [0.05, 0.1) is 24.9 Å². The fourth-order valence-corrected chi connectivity index (χ4v) is 6.00. The molecule has 0 spiro atoms. The number of carbonyl (C=O) groups excluding carboxylic acids is 2. The summed E-state index contributed by atoms with van der Waals surface area (Å²) in [5.41, 5.74) is 1.58. The molecule has 2 heterocycles. The number of H-pyrrole nitrogens is 1. The van der Waals surface area contributed by atoms with Crippen LogP contribution in [0.5, 0.6) is 0 Å². The lowest BCUT2D eigenvalue weighted by atomic mass is 9.65. The number of nitrogens with one attached hydrogen (secondary N) is 3. The first kappa shape index (κ1) is 20.8. The molecule has 3 atom stereocenters. The van der Waals surface area contributed by atoms with Crippen molar-refractivity contribution in [3.63, 3.8) is 0 Å². The second kappa shape index (κ2) is 7.38. The van der Waals surface area contributed by atoms with Gasteiger partial charge in [0.25, 0.3) is 5.91 Å². The minimum Gasteiger partial charge on any atom is -0.461 e. The SMILES string of the molecule is CCOC(=O)c1[nH]c2ccc(F)cc2c1NC(=O)C[NH+]1C[C@@]2(C)C[C@@H]1CC(C)(C)C2. The van der Waals surface area contributed by atoms with Gasteiger partial charge >= 0.3 is 5.97 Å². The summed E-state index contributed by atoms with van der Waals surface area (Å²) in [5, 5.41) is 3.35. The molecule has 2 fully saturated rings. The summed E-state index contributed by atoms with van der Waals surface area (Å²) < 4.78 is 19.0. The van der Waals surface area contributed by atoms with E-state index >= 15 is 0 Å². The molecule has 162 valence electrons. The predicted molar refractivity (Wildman–Crippen MR) is 113 cm³/mol. The van der Waals surface area contributed by atoms with E-state index < -0.39 is 11.8 Å². The van der Waals surface area contributed by atoms with Gasteiger partial charge in [0.2, 0.25) is 0 Å². The molecule has 6 nitrogen and oxygen atoms in total. The fraction of sp³-hybridized carbons (Fsp3) is 0.565. The normalized spacial score (nSPS) is 27.2. The van der Waals surface area contributed by atoms with Gasteiger partial charge in [0.1, 0.15) is 11.5 Å². The van der Waals surface area contributed by atoms with Crippen LogP contribution in [0.2, 0.25) is 0 Å². The molecule has 2 bridgehead atoms. The second-order valence-corrected chi connectivity index (χ2v) is 10.1. The van der Waals surface area contributed by atoms with Gasteiger partial charge < -0.3 is 19.9 Å². The van der Waals surface area contributed by atoms with E-state index in [-0.39, 0.29) is 23.6 Å². The Bertz CT molecular complexity index is 999. The molecule has 1 aliphatic carbocycles. The predicted octanol–water partition coefficient (Wildman–Crippen LogP) is 2.91. The first-order valence-electron chi connectivity index (χ1n) is 10.7. The van der Waals surface area contributed by atoms with E-state index in [1.807, 2.05) is 0 Å². The fourth-order valence-electron chi connectivity index (χ4n) is 6.00. The molecule has 2 aromatic rings. The molecular weight excluding hydrogens is 385 g/mol. The Morgan fingerprint density at radius 2 is 2.07 bits per heavy atom. The lowest BCUT2D eigenvalue weighted by Gasteiger charge is -2.37. The number of carbonyl (C=O) groups is 2. The Morgan fingerprint density at radius 3 is 2.80 bits per heavy atom. The summed E-state index contributed by atoms with van der Waals surface area (Å²) in [6.07, 6.45) is 3.43. The molecule has 7 heteroatoms. The van der Waals surface area contributed by atoms with Crippen LogP contribution in [0.15, 0.2) is 18.2 Å². The summed E-state index contributed by atoms with van der Waals surface area (Å²) in [6, 6.07) is 4.66. The maximum absolute atomic E-state index is 13.9. The number of halogens is 1. The van der Waals surface area contributed by atoms with Gasteiger partial charge in [0.15, 0.2) is 6.54 Å². The molecule has 0 radical (unpaired) electrons. The molecule has 1 aromatic heterocycles. The van der Waals surface area contributed by atoms with Crippen LogP contribution in [0.4, 0.5) is 10.1 Å². The van der Waals surface area contributed by atoms with E-state index in [4.69, 9.17) is 4.74 Å². The Morgan fingerprint density at radius 1 is 1.30 bits per heavy atom. The topological polar surface area (TPSA) is 75.6 Å². The highest BCUT2D eigenvalue weighted by Gasteiger charge is 2.53. The summed E-state index contributed by atoms with van der Waals surface area (Å²) in [4.78, 5) is 29.7. The third kappa shape index (κ3) is 3.95. The van der Waals surface area contributed by atoms with Crippen molar-refractivity contribution < 1.29 is 23.6 Å². The van der Waals surface area contributed by atoms with Crippen LogP contribution in [0.3, 0.4) is 0 Å². The van der Waals surface area contributed by atoms with Gasteiger partial charge in [0, 0.05) is 29.2 Å². The summed E-state index contributed by atoms with van der Waals surface area (Å²) in [5.74, 6) is -1.17. The zero-order valence-electron chi connectivity index (χ0n) is 18.2. The number of hydrogen-bond donors (Lipinski definition) is 3. The minimum absolute atomic E-state index is 0.147. The number of likely N-dealkylation sites (tertiary alicyclic amines) is 1. The van der Waals surface area contributed by atoms with E-state index in [0.29, 0.717) is 34.6 Å². The monoisotopic (exact) mass is 416 g/mol. The van der Waals surface area contributed by atoms with Crippen LogP contribution in [0.25, 0.3) is 10.9 Å². The van der Waals surface area contributed by atoms with Crippen LogP contribution < -0.4 is 10.2 Å². The smallest absolute Gasteiger partial charge is 0.356 e. The van der Waals surface area contributed by atoms with E-state index in [1.54, 1.807) is 13.0 Å². The van der Waals surface area contributed by atoms with Crippen molar-refractivity contribution in [3.05, 3.63) is 29.7 Å². The molecule has 30 heavy (non-hydrogen) atoms. The average Bonchev–Trinajstić information content (AvgIpc) is 3.08. The minimum atomic E-state index is -0.567. The highest BCUT2D eigenvalue weighted by atomic mass is 19.1. The second-order valence-electron chi connectivity index (χ2n) is 10.1. The van der Waals surface area contributed by atoms with Gasteiger partial charge in [-0.3, -0.25) is 4.79 Å². The number of esters is 1. The quantitative estimate of drug-likeness (QED) is 0.656. The summed E-state index contributed by atoms with van der Waals surface area (Å²) in [7, 11) is 0. The zero-order chi connectivity index (χ0) is 21.7. The largest absolute Gasteiger partial charge is 0.461 e. The van der Waals surface area contributed by atoms with Gasteiger partial charge in [-0.25, -0.2) is 9.18 Å². The van der Waals surface area contributed by atoms with Crippen molar-refractivity contribution in [2.45, 2.75) is 53.0 Å². The Balaban J connectivity index is 1.57. The van der Waals surface area contributed by atoms with Crippen LogP contribution >= 0.6 is 0 Å². The number of hydrogen-bond acceptors (Lipinski definition) is 3. The molecule has 1 aliphatic heterocycles. The van der Waals surface area contributed by atoms with Crippen LogP contribution in [0, 0.1) is 16.6 Å². The molecule has 1 aromatic carbocycles. The number of rotatable bonds is 5. The molecular formula is C23H31FN3O3+. The number of amides is 1.